The first-order valence-electron chi connectivity index (χ1n) is 9.05. The van der Waals surface area contributed by atoms with Gasteiger partial charge in [-0.05, 0) is 63.5 Å². The Morgan fingerprint density at radius 3 is 2.84 bits per heavy atom. The lowest BCUT2D eigenvalue weighted by Crippen LogP contribution is -2.55. The summed E-state index contributed by atoms with van der Waals surface area (Å²) >= 11 is 0. The highest BCUT2D eigenvalue weighted by atomic mass is 16.6. The zero-order chi connectivity index (χ0) is 18.0. The molecule has 1 amide bonds. The molecule has 1 aromatic rings. The minimum absolute atomic E-state index is 0.0570. The van der Waals surface area contributed by atoms with Gasteiger partial charge in [0.25, 0.3) is 0 Å². The molecule has 1 saturated carbocycles. The standard InChI is InChI=1S/C19H28N2O4/c1-19(2,3)25-18(23)21-6-4-15(21)12-24-16-8-14(10-20-11-16)17-9-13(17)5-7-22/h8,10-11,13,15,17,22H,4-7,9,12H2,1-3H3/t13?,15-,17+/m0/s1. The van der Waals surface area contributed by atoms with E-state index in [1.807, 2.05) is 33.0 Å². The van der Waals surface area contributed by atoms with Gasteiger partial charge in [-0.1, -0.05) is 0 Å². The van der Waals surface area contributed by atoms with E-state index >= 15 is 0 Å². The second kappa shape index (κ2) is 7.20. The number of hydrogen-bond acceptors (Lipinski definition) is 5. The molecule has 0 bridgehead atoms. The number of ether oxygens (including phenoxy) is 2. The maximum atomic E-state index is 12.1. The van der Waals surface area contributed by atoms with Crippen LogP contribution in [0.3, 0.4) is 0 Å². The molecule has 1 unspecified atom stereocenters. The topological polar surface area (TPSA) is 71.9 Å². The molecule has 1 aromatic heterocycles. The maximum absolute atomic E-state index is 12.1. The maximum Gasteiger partial charge on any atom is 0.410 e. The van der Waals surface area contributed by atoms with Crippen LogP contribution in [0, 0.1) is 5.92 Å². The third-order valence-electron chi connectivity index (χ3n) is 4.80. The molecule has 6 nitrogen and oxygen atoms in total. The van der Waals surface area contributed by atoms with Crippen molar-refractivity contribution in [1.82, 2.24) is 9.88 Å². The summed E-state index contributed by atoms with van der Waals surface area (Å²) < 4.78 is 11.3. The average molecular weight is 348 g/mol. The Morgan fingerprint density at radius 1 is 1.40 bits per heavy atom. The Morgan fingerprint density at radius 2 is 2.20 bits per heavy atom. The van der Waals surface area contributed by atoms with Crippen molar-refractivity contribution in [3.63, 3.8) is 0 Å². The minimum atomic E-state index is -0.480. The number of carbonyl (C=O) groups is 1. The van der Waals surface area contributed by atoms with Crippen molar-refractivity contribution in [2.24, 2.45) is 5.92 Å². The first kappa shape index (κ1) is 18.0. The molecular formula is C19H28N2O4. The van der Waals surface area contributed by atoms with Gasteiger partial charge in [0.1, 0.15) is 18.0 Å². The normalized spacial score (nSPS) is 25.3. The van der Waals surface area contributed by atoms with E-state index in [2.05, 4.69) is 4.98 Å². The van der Waals surface area contributed by atoms with Gasteiger partial charge in [-0.2, -0.15) is 0 Å². The Hall–Kier alpha value is -1.82. The van der Waals surface area contributed by atoms with Gasteiger partial charge in [-0.25, -0.2) is 4.79 Å². The second-order valence-corrected chi connectivity index (χ2v) is 8.00. The summed E-state index contributed by atoms with van der Waals surface area (Å²) in [6.07, 6.45) is 6.20. The second-order valence-electron chi connectivity index (χ2n) is 8.00. The number of aliphatic hydroxyl groups excluding tert-OH is 1. The van der Waals surface area contributed by atoms with E-state index < -0.39 is 5.60 Å². The lowest BCUT2D eigenvalue weighted by atomic mass is 10.1. The SMILES string of the molecule is CC(C)(C)OC(=O)N1CC[C@H]1COc1cncc([C@@H]2CC2CCO)c1. The molecule has 2 fully saturated rings. The van der Waals surface area contributed by atoms with E-state index in [1.165, 1.54) is 5.56 Å². The molecule has 25 heavy (non-hydrogen) atoms. The van der Waals surface area contributed by atoms with Crippen LogP contribution in [0.15, 0.2) is 18.5 Å². The average Bonchev–Trinajstić information content (AvgIpc) is 3.24. The lowest BCUT2D eigenvalue weighted by molar-refractivity contribution is -0.0141. The summed E-state index contributed by atoms with van der Waals surface area (Å²) in [6.45, 7) is 7.02. The van der Waals surface area contributed by atoms with Crippen molar-refractivity contribution < 1.29 is 19.4 Å². The Bertz CT molecular complexity index is 614. The quantitative estimate of drug-likeness (QED) is 0.856. The number of nitrogens with zero attached hydrogens (tertiary/aromatic N) is 2. The number of aliphatic hydroxyl groups is 1. The highest BCUT2D eigenvalue weighted by molar-refractivity contribution is 5.69. The summed E-state index contributed by atoms with van der Waals surface area (Å²) in [5.41, 5.74) is 0.694. The van der Waals surface area contributed by atoms with E-state index in [-0.39, 0.29) is 18.7 Å². The van der Waals surface area contributed by atoms with Gasteiger partial charge in [0, 0.05) is 19.3 Å². The predicted octanol–water partition coefficient (Wildman–Crippen LogP) is 2.96. The van der Waals surface area contributed by atoms with Crippen molar-refractivity contribution in [3.8, 4) is 5.75 Å². The molecule has 2 aliphatic rings. The fourth-order valence-electron chi connectivity index (χ4n) is 3.23. The van der Waals surface area contributed by atoms with E-state index in [0.717, 1.165) is 25.0 Å². The first-order valence-corrected chi connectivity index (χ1v) is 9.05. The van der Waals surface area contributed by atoms with Crippen molar-refractivity contribution in [1.29, 1.82) is 0 Å². The van der Waals surface area contributed by atoms with Gasteiger partial charge >= 0.3 is 6.09 Å². The number of carbonyl (C=O) groups excluding carboxylic acids is 1. The number of likely N-dealkylation sites (tertiary alicyclic amines) is 1. The van der Waals surface area contributed by atoms with E-state index in [9.17, 15) is 4.79 Å². The lowest BCUT2D eigenvalue weighted by Gasteiger charge is -2.40. The minimum Gasteiger partial charge on any atom is -0.490 e. The largest absolute Gasteiger partial charge is 0.490 e. The number of amides is 1. The molecule has 6 heteroatoms. The van der Waals surface area contributed by atoms with Crippen molar-refractivity contribution in [3.05, 3.63) is 24.0 Å². The van der Waals surface area contributed by atoms with Crippen molar-refractivity contribution >= 4 is 6.09 Å². The van der Waals surface area contributed by atoms with Gasteiger partial charge in [0.2, 0.25) is 0 Å². The predicted molar refractivity (Wildman–Crippen MR) is 93.6 cm³/mol. The van der Waals surface area contributed by atoms with Crippen LogP contribution in [-0.2, 0) is 4.74 Å². The van der Waals surface area contributed by atoms with Crippen LogP contribution in [0.1, 0.15) is 51.5 Å². The van der Waals surface area contributed by atoms with Crippen LogP contribution in [0.25, 0.3) is 0 Å². The fourth-order valence-corrected chi connectivity index (χ4v) is 3.23. The van der Waals surface area contributed by atoms with Crippen LogP contribution in [-0.4, -0.2) is 52.5 Å². The summed E-state index contributed by atoms with van der Waals surface area (Å²) in [7, 11) is 0. The molecule has 1 aliphatic carbocycles. The van der Waals surface area contributed by atoms with Crippen LogP contribution in [0.5, 0.6) is 5.75 Å². The smallest absolute Gasteiger partial charge is 0.410 e. The Balaban J connectivity index is 1.50. The molecule has 3 atom stereocenters. The summed E-state index contributed by atoms with van der Waals surface area (Å²) in [4.78, 5) is 18.1. The van der Waals surface area contributed by atoms with Crippen molar-refractivity contribution in [2.45, 2.75) is 57.6 Å². The van der Waals surface area contributed by atoms with Crippen LogP contribution in [0.4, 0.5) is 4.79 Å². The van der Waals surface area contributed by atoms with Gasteiger partial charge < -0.3 is 19.5 Å². The van der Waals surface area contributed by atoms with E-state index in [0.29, 0.717) is 25.0 Å². The fraction of sp³-hybridized carbons (Fsp3) is 0.684. The van der Waals surface area contributed by atoms with Crippen LogP contribution >= 0.6 is 0 Å². The summed E-state index contributed by atoms with van der Waals surface area (Å²) in [5.74, 6) is 1.80. The van der Waals surface area contributed by atoms with Crippen LogP contribution < -0.4 is 4.74 Å². The van der Waals surface area contributed by atoms with E-state index in [1.54, 1.807) is 11.1 Å². The Labute approximate surface area is 149 Å². The summed E-state index contributed by atoms with van der Waals surface area (Å²) in [6, 6.07) is 2.09. The molecule has 2 heterocycles. The van der Waals surface area contributed by atoms with E-state index in [4.69, 9.17) is 14.6 Å². The van der Waals surface area contributed by atoms with Gasteiger partial charge in [0.05, 0.1) is 12.2 Å². The molecular weight excluding hydrogens is 320 g/mol. The molecule has 1 aliphatic heterocycles. The number of pyridine rings is 1. The zero-order valence-electron chi connectivity index (χ0n) is 15.3. The van der Waals surface area contributed by atoms with Gasteiger partial charge in [0.15, 0.2) is 0 Å². The first-order chi connectivity index (χ1) is 11.9. The summed E-state index contributed by atoms with van der Waals surface area (Å²) in [5, 5.41) is 9.03. The highest BCUT2D eigenvalue weighted by Gasteiger charge is 2.38. The molecule has 0 aromatic carbocycles. The van der Waals surface area contributed by atoms with Crippen LogP contribution in [0.2, 0.25) is 0 Å². The molecule has 138 valence electrons. The molecule has 1 saturated heterocycles. The van der Waals surface area contributed by atoms with Gasteiger partial charge in [-0.15, -0.1) is 0 Å². The monoisotopic (exact) mass is 348 g/mol. The number of aromatic nitrogens is 1. The molecule has 0 spiro atoms. The molecule has 1 N–H and O–H groups in total. The number of rotatable bonds is 6. The third-order valence-corrected chi connectivity index (χ3v) is 4.80. The zero-order valence-corrected chi connectivity index (χ0v) is 15.3. The Kier molecular flexibility index (Phi) is 5.18. The number of hydrogen-bond donors (Lipinski definition) is 1. The van der Waals surface area contributed by atoms with Gasteiger partial charge in [-0.3, -0.25) is 4.98 Å². The highest BCUT2D eigenvalue weighted by Crippen LogP contribution is 2.49. The van der Waals surface area contributed by atoms with Crippen molar-refractivity contribution in [2.75, 3.05) is 19.8 Å². The molecule has 0 radical (unpaired) electrons. The third kappa shape index (κ3) is 4.63. The molecule has 3 rings (SSSR count).